The van der Waals surface area contributed by atoms with Gasteiger partial charge in [-0.3, -0.25) is 0 Å². The zero-order chi connectivity index (χ0) is 13.0. The lowest BCUT2D eigenvalue weighted by molar-refractivity contribution is 0.387. The van der Waals surface area contributed by atoms with E-state index >= 15 is 0 Å². The van der Waals surface area contributed by atoms with Gasteiger partial charge in [-0.15, -0.1) is 22.0 Å². The summed E-state index contributed by atoms with van der Waals surface area (Å²) in [6.45, 7) is 6.44. The summed E-state index contributed by atoms with van der Waals surface area (Å²) in [5.74, 6) is 3.00. The summed E-state index contributed by atoms with van der Waals surface area (Å²) in [5.41, 5.74) is 0. The molecule has 4 heteroatoms. The van der Waals surface area contributed by atoms with E-state index in [1.165, 1.54) is 4.90 Å². The van der Waals surface area contributed by atoms with Crippen molar-refractivity contribution in [3.05, 3.63) is 42.1 Å². The van der Waals surface area contributed by atoms with Crippen LogP contribution in [-0.2, 0) is 5.75 Å². The van der Waals surface area contributed by atoms with Crippen molar-refractivity contribution < 1.29 is 4.42 Å². The lowest BCUT2D eigenvalue weighted by Crippen LogP contribution is -2.01. The molecule has 0 radical (unpaired) electrons. The Morgan fingerprint density at radius 3 is 2.50 bits per heavy atom. The molecule has 0 aliphatic heterocycles. The molecule has 2 aromatic rings. The number of aromatic nitrogens is 2. The minimum atomic E-state index is 0.313. The van der Waals surface area contributed by atoms with Crippen LogP contribution in [0.4, 0.5) is 0 Å². The molecule has 1 unspecified atom stereocenters. The first kappa shape index (κ1) is 13.1. The van der Waals surface area contributed by atoms with E-state index in [9.17, 15) is 0 Å². The lowest BCUT2D eigenvalue weighted by Gasteiger charge is -2.09. The zero-order valence-corrected chi connectivity index (χ0v) is 11.8. The molecule has 18 heavy (non-hydrogen) atoms. The lowest BCUT2D eigenvalue weighted by atomic mass is 9.98. The standard InChI is InChI=1S/C14H18N2OS/c1-10(2)11(3)14-16-15-13(17-14)9-18-12-7-5-4-6-8-12/h4-8,10-11H,9H2,1-3H3. The third kappa shape index (κ3) is 3.35. The van der Waals surface area contributed by atoms with Crippen molar-refractivity contribution in [2.45, 2.75) is 37.3 Å². The maximum absolute atomic E-state index is 5.69. The van der Waals surface area contributed by atoms with E-state index in [2.05, 4.69) is 43.1 Å². The van der Waals surface area contributed by atoms with Crippen molar-refractivity contribution in [3.63, 3.8) is 0 Å². The molecule has 96 valence electrons. The molecule has 1 aromatic heterocycles. The first-order valence-electron chi connectivity index (χ1n) is 6.17. The molecular formula is C14H18N2OS. The van der Waals surface area contributed by atoms with Crippen LogP contribution in [0.2, 0.25) is 0 Å². The molecular weight excluding hydrogens is 244 g/mol. The summed E-state index contributed by atoms with van der Waals surface area (Å²) in [4.78, 5) is 1.22. The van der Waals surface area contributed by atoms with Crippen LogP contribution in [0, 0.1) is 5.92 Å². The summed E-state index contributed by atoms with van der Waals surface area (Å²) in [5, 5.41) is 8.22. The van der Waals surface area contributed by atoms with Crippen LogP contribution in [0.15, 0.2) is 39.6 Å². The average molecular weight is 262 g/mol. The Bertz CT molecular complexity index is 482. The van der Waals surface area contributed by atoms with Gasteiger partial charge in [0.1, 0.15) is 0 Å². The molecule has 2 rings (SSSR count). The topological polar surface area (TPSA) is 38.9 Å². The second-order valence-electron chi connectivity index (χ2n) is 4.67. The van der Waals surface area contributed by atoms with Crippen molar-refractivity contribution in [1.29, 1.82) is 0 Å². The van der Waals surface area contributed by atoms with Crippen LogP contribution in [0.5, 0.6) is 0 Å². The van der Waals surface area contributed by atoms with E-state index < -0.39 is 0 Å². The van der Waals surface area contributed by atoms with Gasteiger partial charge in [0.2, 0.25) is 11.8 Å². The number of thioether (sulfide) groups is 1. The highest BCUT2D eigenvalue weighted by molar-refractivity contribution is 7.98. The fourth-order valence-corrected chi connectivity index (χ4v) is 2.21. The largest absolute Gasteiger partial charge is 0.424 e. The number of rotatable bonds is 5. The number of hydrogen-bond acceptors (Lipinski definition) is 4. The first-order chi connectivity index (χ1) is 8.66. The average Bonchev–Trinajstić information content (AvgIpc) is 2.85. The van der Waals surface area contributed by atoms with Gasteiger partial charge in [0.15, 0.2) is 0 Å². The van der Waals surface area contributed by atoms with Gasteiger partial charge in [-0.1, -0.05) is 39.0 Å². The van der Waals surface area contributed by atoms with Crippen molar-refractivity contribution in [1.82, 2.24) is 10.2 Å². The fourth-order valence-electron chi connectivity index (χ4n) is 1.46. The Labute approximate surface area is 112 Å². The predicted molar refractivity (Wildman–Crippen MR) is 73.6 cm³/mol. The summed E-state index contributed by atoms with van der Waals surface area (Å²) in [7, 11) is 0. The third-order valence-electron chi connectivity index (χ3n) is 2.98. The second-order valence-corrected chi connectivity index (χ2v) is 5.72. The minimum Gasteiger partial charge on any atom is -0.424 e. The van der Waals surface area contributed by atoms with Gasteiger partial charge in [0, 0.05) is 10.8 Å². The van der Waals surface area contributed by atoms with E-state index in [4.69, 9.17) is 4.42 Å². The van der Waals surface area contributed by atoms with Gasteiger partial charge >= 0.3 is 0 Å². The maximum Gasteiger partial charge on any atom is 0.226 e. The molecule has 1 atom stereocenters. The quantitative estimate of drug-likeness (QED) is 0.760. The van der Waals surface area contributed by atoms with E-state index in [0.717, 1.165) is 11.6 Å². The molecule has 1 heterocycles. The van der Waals surface area contributed by atoms with Gasteiger partial charge in [0.25, 0.3) is 0 Å². The number of benzene rings is 1. The van der Waals surface area contributed by atoms with Crippen molar-refractivity contribution in [3.8, 4) is 0 Å². The Hall–Kier alpha value is -1.29. The van der Waals surface area contributed by atoms with E-state index in [-0.39, 0.29) is 0 Å². The summed E-state index contributed by atoms with van der Waals surface area (Å²) < 4.78 is 5.69. The Balaban J connectivity index is 1.95. The molecule has 0 saturated carbocycles. The molecule has 0 N–H and O–H groups in total. The normalized spacial score (nSPS) is 12.9. The molecule has 1 aromatic carbocycles. The van der Waals surface area contributed by atoms with Crippen LogP contribution in [0.25, 0.3) is 0 Å². The smallest absolute Gasteiger partial charge is 0.226 e. The van der Waals surface area contributed by atoms with Crippen LogP contribution in [0.1, 0.15) is 38.5 Å². The van der Waals surface area contributed by atoms with E-state index in [1.54, 1.807) is 11.8 Å². The molecule has 0 spiro atoms. The first-order valence-corrected chi connectivity index (χ1v) is 7.15. The van der Waals surface area contributed by atoms with Crippen molar-refractivity contribution in [2.75, 3.05) is 0 Å². The van der Waals surface area contributed by atoms with Gasteiger partial charge in [-0.2, -0.15) is 0 Å². The molecule has 0 aliphatic rings. The molecule has 0 aliphatic carbocycles. The zero-order valence-electron chi connectivity index (χ0n) is 11.0. The predicted octanol–water partition coefficient (Wildman–Crippen LogP) is 4.12. The fraction of sp³-hybridized carbons (Fsp3) is 0.429. The highest BCUT2D eigenvalue weighted by atomic mass is 32.2. The minimum absolute atomic E-state index is 0.313. The van der Waals surface area contributed by atoms with Gasteiger partial charge in [0.05, 0.1) is 5.75 Å². The molecule has 0 amide bonds. The summed E-state index contributed by atoms with van der Waals surface area (Å²) in [6.07, 6.45) is 0. The van der Waals surface area contributed by atoms with E-state index in [1.807, 2.05) is 18.2 Å². The number of hydrogen-bond donors (Lipinski definition) is 0. The van der Waals surface area contributed by atoms with Crippen molar-refractivity contribution in [2.24, 2.45) is 5.92 Å². The van der Waals surface area contributed by atoms with Crippen LogP contribution in [0.3, 0.4) is 0 Å². The Morgan fingerprint density at radius 2 is 1.83 bits per heavy atom. The highest BCUT2D eigenvalue weighted by Crippen LogP contribution is 2.25. The van der Waals surface area contributed by atoms with Gasteiger partial charge in [-0.05, 0) is 18.1 Å². The summed E-state index contributed by atoms with van der Waals surface area (Å²) >= 11 is 1.71. The molecule has 3 nitrogen and oxygen atoms in total. The van der Waals surface area contributed by atoms with E-state index in [0.29, 0.717) is 17.7 Å². The van der Waals surface area contributed by atoms with Crippen LogP contribution in [-0.4, -0.2) is 10.2 Å². The SMILES string of the molecule is CC(C)C(C)c1nnc(CSc2ccccc2)o1. The number of nitrogens with zero attached hydrogens (tertiary/aromatic N) is 2. The Morgan fingerprint density at radius 1 is 1.11 bits per heavy atom. The van der Waals surface area contributed by atoms with Crippen LogP contribution < -0.4 is 0 Å². The monoisotopic (exact) mass is 262 g/mol. The third-order valence-corrected chi connectivity index (χ3v) is 3.97. The highest BCUT2D eigenvalue weighted by Gasteiger charge is 2.17. The Kier molecular flexibility index (Phi) is 4.42. The van der Waals surface area contributed by atoms with Gasteiger partial charge < -0.3 is 4.42 Å². The molecule has 0 fully saturated rings. The second kappa shape index (κ2) is 6.05. The van der Waals surface area contributed by atoms with Crippen LogP contribution >= 0.6 is 11.8 Å². The summed E-state index contributed by atoms with van der Waals surface area (Å²) in [6, 6.07) is 10.2. The molecule has 0 bridgehead atoms. The van der Waals surface area contributed by atoms with Crippen molar-refractivity contribution >= 4 is 11.8 Å². The van der Waals surface area contributed by atoms with Gasteiger partial charge in [-0.25, -0.2) is 0 Å². The maximum atomic E-state index is 5.69. The molecule has 0 saturated heterocycles.